The molecule has 2 heterocycles. The number of nitrogens with one attached hydrogen (secondary N) is 1. The van der Waals surface area contributed by atoms with Crippen LogP contribution in [0.2, 0.25) is 0 Å². The van der Waals surface area contributed by atoms with Crippen molar-refractivity contribution < 1.29 is 9.53 Å². The molecular formula is C19H27N5O2. The van der Waals surface area contributed by atoms with E-state index in [0.29, 0.717) is 12.2 Å². The van der Waals surface area contributed by atoms with Gasteiger partial charge in [0.25, 0.3) is 0 Å². The number of nitrogen functional groups attached to an aromatic ring is 1. The lowest BCUT2D eigenvalue weighted by Gasteiger charge is -2.36. The zero-order valence-corrected chi connectivity index (χ0v) is 15.7. The number of nitrogens with two attached hydrogens (primary N) is 1. The van der Waals surface area contributed by atoms with Crippen LogP contribution in [0.5, 0.6) is 0 Å². The second-order valence-corrected chi connectivity index (χ2v) is 7.70. The average molecular weight is 357 g/mol. The molecule has 0 spiro atoms. The van der Waals surface area contributed by atoms with Gasteiger partial charge in [0.05, 0.1) is 17.2 Å². The largest absolute Gasteiger partial charge is 0.444 e. The van der Waals surface area contributed by atoms with Gasteiger partial charge >= 0.3 is 6.09 Å². The van der Waals surface area contributed by atoms with E-state index in [1.54, 1.807) is 6.20 Å². The molecule has 1 atom stereocenters. The molecule has 7 heteroatoms. The van der Waals surface area contributed by atoms with E-state index in [-0.39, 0.29) is 12.1 Å². The molecule has 1 fully saturated rings. The average Bonchev–Trinajstić information content (AvgIpc) is 2.58. The summed E-state index contributed by atoms with van der Waals surface area (Å²) in [4.78, 5) is 23.4. The monoisotopic (exact) mass is 357 g/mol. The summed E-state index contributed by atoms with van der Waals surface area (Å²) in [5.74, 6) is 0.831. The molecule has 0 unspecified atom stereocenters. The highest BCUT2D eigenvalue weighted by molar-refractivity contribution is 5.79. The Labute approximate surface area is 153 Å². The molecule has 0 radical (unpaired) electrons. The first-order chi connectivity index (χ1) is 12.3. The Balaban J connectivity index is 1.72. The van der Waals surface area contributed by atoms with Crippen LogP contribution < -0.4 is 16.0 Å². The number of hydrogen-bond donors (Lipinski definition) is 2. The predicted octanol–water partition coefficient (Wildman–Crippen LogP) is 3.10. The van der Waals surface area contributed by atoms with Gasteiger partial charge in [0.1, 0.15) is 11.4 Å². The summed E-state index contributed by atoms with van der Waals surface area (Å²) in [5, 5.41) is 2.89. The summed E-state index contributed by atoms with van der Waals surface area (Å²) in [6.45, 7) is 7.00. The number of piperidine rings is 1. The Kier molecular flexibility index (Phi) is 5.15. The molecule has 26 heavy (non-hydrogen) atoms. The van der Waals surface area contributed by atoms with Crippen LogP contribution in [-0.2, 0) is 4.74 Å². The molecule has 3 N–H and O–H groups in total. The van der Waals surface area contributed by atoms with E-state index in [9.17, 15) is 4.79 Å². The number of carbonyl (C=O) groups excluding carboxylic acids is 1. The topological polar surface area (TPSA) is 93.4 Å². The van der Waals surface area contributed by atoms with Crippen molar-refractivity contribution in [3.05, 3.63) is 24.4 Å². The van der Waals surface area contributed by atoms with Gasteiger partial charge in [-0.3, -0.25) is 4.98 Å². The van der Waals surface area contributed by atoms with Gasteiger partial charge in [0, 0.05) is 24.8 Å². The van der Waals surface area contributed by atoms with Crippen molar-refractivity contribution in [1.29, 1.82) is 0 Å². The second-order valence-electron chi connectivity index (χ2n) is 7.70. The Morgan fingerprint density at radius 2 is 2.15 bits per heavy atom. The second kappa shape index (κ2) is 7.35. The molecule has 0 bridgehead atoms. The molecule has 1 aromatic heterocycles. The Morgan fingerprint density at radius 1 is 1.35 bits per heavy atom. The smallest absolute Gasteiger partial charge is 0.407 e. The minimum Gasteiger partial charge on any atom is -0.444 e. The van der Waals surface area contributed by atoms with Gasteiger partial charge in [-0.25, -0.2) is 9.78 Å². The van der Waals surface area contributed by atoms with E-state index >= 15 is 0 Å². The molecule has 7 nitrogen and oxygen atoms in total. The first kappa shape index (κ1) is 18.2. The molecule has 3 rings (SSSR count). The van der Waals surface area contributed by atoms with Gasteiger partial charge in [-0.05, 0) is 58.2 Å². The van der Waals surface area contributed by atoms with E-state index in [0.717, 1.165) is 42.7 Å². The molecular weight excluding hydrogens is 330 g/mol. The number of alkyl carbamates (subject to hydrolysis) is 1. The fourth-order valence-corrected chi connectivity index (χ4v) is 3.19. The van der Waals surface area contributed by atoms with E-state index in [1.165, 1.54) is 0 Å². The summed E-state index contributed by atoms with van der Waals surface area (Å²) >= 11 is 0. The maximum atomic E-state index is 12.0. The van der Waals surface area contributed by atoms with Crippen LogP contribution in [0.4, 0.5) is 16.3 Å². The molecule has 1 aliphatic heterocycles. The first-order valence-corrected chi connectivity index (χ1v) is 9.07. The van der Waals surface area contributed by atoms with Gasteiger partial charge in [-0.2, -0.15) is 0 Å². The first-order valence-electron chi connectivity index (χ1n) is 9.07. The summed E-state index contributed by atoms with van der Waals surface area (Å²) in [7, 11) is 0. The number of nitrogens with zero attached hydrogens (tertiary/aromatic N) is 3. The maximum Gasteiger partial charge on any atom is 0.407 e. The number of benzene rings is 1. The van der Waals surface area contributed by atoms with E-state index in [1.807, 2.05) is 39.0 Å². The van der Waals surface area contributed by atoms with Crippen LogP contribution in [0.1, 0.15) is 40.0 Å². The van der Waals surface area contributed by atoms with Crippen LogP contribution in [0.25, 0.3) is 11.0 Å². The molecule has 1 amide bonds. The van der Waals surface area contributed by atoms with E-state index < -0.39 is 5.60 Å². The van der Waals surface area contributed by atoms with Crippen molar-refractivity contribution >= 4 is 28.6 Å². The van der Waals surface area contributed by atoms with Crippen molar-refractivity contribution in [3.63, 3.8) is 0 Å². The number of rotatable bonds is 3. The molecule has 1 aromatic carbocycles. The Bertz CT molecular complexity index is 787. The number of amides is 1. The minimum atomic E-state index is -0.498. The van der Waals surface area contributed by atoms with Crippen LogP contribution in [0, 0.1) is 0 Å². The van der Waals surface area contributed by atoms with Gasteiger partial charge in [-0.1, -0.05) is 0 Å². The molecule has 140 valence electrons. The van der Waals surface area contributed by atoms with Gasteiger partial charge in [-0.15, -0.1) is 0 Å². The predicted molar refractivity (Wildman–Crippen MR) is 103 cm³/mol. The summed E-state index contributed by atoms with van der Waals surface area (Å²) in [5.41, 5.74) is 7.59. The third-order valence-electron chi connectivity index (χ3n) is 4.36. The zero-order chi connectivity index (χ0) is 18.7. The van der Waals surface area contributed by atoms with E-state index in [2.05, 4.69) is 15.2 Å². The number of ether oxygens (including phenoxy) is 1. The van der Waals surface area contributed by atoms with Crippen molar-refractivity contribution in [2.24, 2.45) is 0 Å². The van der Waals surface area contributed by atoms with Crippen molar-refractivity contribution in [1.82, 2.24) is 15.3 Å². The van der Waals surface area contributed by atoms with Crippen LogP contribution in [0.15, 0.2) is 24.4 Å². The molecule has 2 aromatic rings. The Morgan fingerprint density at radius 3 is 2.92 bits per heavy atom. The Hall–Kier alpha value is -2.57. The number of anilines is 2. The van der Waals surface area contributed by atoms with Crippen LogP contribution >= 0.6 is 0 Å². The summed E-state index contributed by atoms with van der Waals surface area (Å²) < 4.78 is 5.33. The highest BCUT2D eigenvalue weighted by Crippen LogP contribution is 2.24. The third kappa shape index (κ3) is 4.53. The lowest BCUT2D eigenvalue weighted by molar-refractivity contribution is 0.0523. The van der Waals surface area contributed by atoms with Crippen molar-refractivity contribution in [3.8, 4) is 0 Å². The lowest BCUT2D eigenvalue weighted by atomic mass is 10.0. The number of fused-ring (bicyclic) bond motifs is 1. The van der Waals surface area contributed by atoms with Gasteiger partial charge in [0.2, 0.25) is 0 Å². The SMILES string of the molecule is CC(C)(C)OC(=O)NC[C@H]1CCCCN1c1cnc2cc(N)ccc2n1. The fraction of sp³-hybridized carbons (Fsp3) is 0.526. The normalized spacial score (nSPS) is 18.0. The van der Waals surface area contributed by atoms with E-state index in [4.69, 9.17) is 15.5 Å². The number of carbonyl (C=O) groups is 1. The number of hydrogen-bond acceptors (Lipinski definition) is 6. The highest BCUT2D eigenvalue weighted by atomic mass is 16.6. The van der Waals surface area contributed by atoms with Crippen molar-refractivity contribution in [2.75, 3.05) is 23.7 Å². The fourth-order valence-electron chi connectivity index (χ4n) is 3.19. The molecule has 1 saturated heterocycles. The molecule has 0 aliphatic carbocycles. The lowest BCUT2D eigenvalue weighted by Crippen LogP contribution is -2.48. The van der Waals surface area contributed by atoms with Gasteiger partial charge in [0.15, 0.2) is 0 Å². The standard InChI is InChI=1S/C19H27N5O2/c1-19(2,3)26-18(25)22-11-14-6-4-5-9-24(14)17-12-21-16-10-13(20)7-8-15(16)23-17/h7-8,10,12,14H,4-6,9,11,20H2,1-3H3,(H,22,25)/t14-/m1/s1. The zero-order valence-electron chi connectivity index (χ0n) is 15.7. The van der Waals surface area contributed by atoms with Crippen LogP contribution in [-0.4, -0.2) is 40.8 Å². The third-order valence-corrected chi connectivity index (χ3v) is 4.36. The highest BCUT2D eigenvalue weighted by Gasteiger charge is 2.25. The van der Waals surface area contributed by atoms with Gasteiger partial charge < -0.3 is 20.7 Å². The van der Waals surface area contributed by atoms with Crippen LogP contribution in [0.3, 0.4) is 0 Å². The number of aromatic nitrogens is 2. The summed E-state index contributed by atoms with van der Waals surface area (Å²) in [6.07, 6.45) is 4.63. The quantitative estimate of drug-likeness (QED) is 0.820. The molecule has 1 aliphatic rings. The maximum absolute atomic E-state index is 12.0. The molecule has 0 saturated carbocycles. The summed E-state index contributed by atoms with van der Waals surface area (Å²) in [6, 6.07) is 5.72. The van der Waals surface area contributed by atoms with Crippen molar-refractivity contribution in [2.45, 2.75) is 51.7 Å². The minimum absolute atomic E-state index is 0.178.